The quantitative estimate of drug-likeness (QED) is 0.322. The van der Waals surface area contributed by atoms with Crippen LogP contribution in [0.5, 0.6) is 0 Å². The summed E-state index contributed by atoms with van der Waals surface area (Å²) in [4.78, 5) is 64.5. The van der Waals surface area contributed by atoms with E-state index in [-0.39, 0.29) is 25.8 Å². The van der Waals surface area contributed by atoms with Crippen LogP contribution in [0, 0.1) is 17.8 Å². The molecule has 1 saturated carbocycles. The Labute approximate surface area is 211 Å². The van der Waals surface area contributed by atoms with Gasteiger partial charge in [-0.15, -0.1) is 13.2 Å². The van der Waals surface area contributed by atoms with Crippen LogP contribution < -0.4 is 16.0 Å². The Balaban J connectivity index is 1.81. The third-order valence-corrected chi connectivity index (χ3v) is 6.92. The molecule has 3 N–H and O–H groups in total. The lowest BCUT2D eigenvalue weighted by atomic mass is 9.91. The first-order chi connectivity index (χ1) is 17.1. The molecule has 2 saturated heterocycles. The summed E-state index contributed by atoms with van der Waals surface area (Å²) in [5, 5.41) is 7.43. The van der Waals surface area contributed by atoms with Crippen LogP contribution in [0.2, 0.25) is 0 Å². The second-order valence-electron chi connectivity index (χ2n) is 10.8. The molecule has 14 heteroatoms. The maximum Gasteiger partial charge on any atom is 0.522 e. The van der Waals surface area contributed by atoms with Crippen molar-refractivity contribution in [2.24, 2.45) is 17.8 Å². The molecule has 1 aliphatic carbocycles. The monoisotopic (exact) mass is 536 g/mol. The molecule has 2 aliphatic heterocycles. The van der Waals surface area contributed by atoms with Crippen LogP contribution in [-0.2, 0) is 28.7 Å². The van der Waals surface area contributed by atoms with Gasteiger partial charge in [-0.3, -0.25) is 28.7 Å². The lowest BCUT2D eigenvalue weighted by molar-refractivity contribution is -0.321. The summed E-state index contributed by atoms with van der Waals surface area (Å²) in [7, 11) is 0. The Morgan fingerprint density at radius 2 is 1.78 bits per heavy atom. The molecule has 208 valence electrons. The third-order valence-electron chi connectivity index (χ3n) is 6.92. The standard InChI is InChI=1S/C23H32F4N4O6/c1-22(2,3)30-20(35)21(36)31-9-13-12(4-5-14(13)24)17(31)19(34)29-15(8-11-6-7-28-18(11)33)16(32)10-37-23(25,26)27/h11-15,17H,4-10H2,1-3H3,(H,28,33)(H,29,34)(H,30,35). The lowest BCUT2D eigenvalue weighted by Gasteiger charge is -2.30. The maximum absolute atomic E-state index is 14.5. The highest BCUT2D eigenvalue weighted by Gasteiger charge is 2.54. The van der Waals surface area contributed by atoms with E-state index in [4.69, 9.17) is 0 Å². The fourth-order valence-corrected chi connectivity index (χ4v) is 5.27. The molecule has 3 rings (SSSR count). The van der Waals surface area contributed by atoms with E-state index in [9.17, 15) is 41.5 Å². The van der Waals surface area contributed by atoms with E-state index in [0.717, 1.165) is 4.90 Å². The number of likely N-dealkylation sites (tertiary alicyclic amines) is 1. The van der Waals surface area contributed by atoms with Crippen molar-refractivity contribution in [2.45, 2.75) is 76.6 Å². The van der Waals surface area contributed by atoms with E-state index in [1.54, 1.807) is 20.8 Å². The minimum absolute atomic E-state index is 0.152. The number of fused-ring (bicyclic) bond motifs is 1. The zero-order valence-corrected chi connectivity index (χ0v) is 20.8. The van der Waals surface area contributed by atoms with Gasteiger partial charge in [0.2, 0.25) is 11.8 Å². The molecule has 0 aromatic rings. The number of carbonyl (C=O) groups excluding carboxylic acids is 5. The van der Waals surface area contributed by atoms with Gasteiger partial charge in [0.05, 0.1) is 6.04 Å². The lowest BCUT2D eigenvalue weighted by Crippen LogP contribution is -2.57. The SMILES string of the molecule is CC(C)(C)NC(=O)C(=O)N1CC2C(F)CCC2C1C(=O)NC(CC1CCNC1=O)C(=O)COC(F)(F)F. The van der Waals surface area contributed by atoms with Crippen molar-refractivity contribution in [2.75, 3.05) is 19.7 Å². The Hall–Kier alpha value is -2.77. The number of hydrogen-bond acceptors (Lipinski definition) is 6. The topological polar surface area (TPSA) is 134 Å². The maximum atomic E-state index is 14.5. The van der Waals surface area contributed by atoms with Crippen molar-refractivity contribution in [3.63, 3.8) is 0 Å². The van der Waals surface area contributed by atoms with E-state index in [2.05, 4.69) is 20.7 Å². The predicted octanol–water partition coefficient (Wildman–Crippen LogP) is 0.593. The van der Waals surface area contributed by atoms with Gasteiger partial charge in [0.1, 0.15) is 18.8 Å². The summed E-state index contributed by atoms with van der Waals surface area (Å²) in [6, 6.07) is -2.83. The number of Topliss-reactive ketones (excluding diaryl/α,β-unsaturated/α-hetero) is 1. The van der Waals surface area contributed by atoms with Crippen LogP contribution in [-0.4, -0.2) is 84.2 Å². The molecule has 10 nitrogen and oxygen atoms in total. The van der Waals surface area contributed by atoms with Gasteiger partial charge in [-0.1, -0.05) is 0 Å². The van der Waals surface area contributed by atoms with Crippen molar-refractivity contribution >= 4 is 29.4 Å². The average molecular weight is 537 g/mol. The molecule has 4 amide bonds. The highest BCUT2D eigenvalue weighted by molar-refractivity contribution is 6.35. The summed E-state index contributed by atoms with van der Waals surface area (Å²) in [6.07, 6.45) is -5.95. The summed E-state index contributed by atoms with van der Waals surface area (Å²) in [5.74, 6) is -6.53. The van der Waals surface area contributed by atoms with Gasteiger partial charge in [-0.25, -0.2) is 4.39 Å². The number of alkyl halides is 4. The highest BCUT2D eigenvalue weighted by atomic mass is 19.4. The van der Waals surface area contributed by atoms with Crippen LogP contribution in [0.15, 0.2) is 0 Å². The number of carbonyl (C=O) groups is 5. The highest BCUT2D eigenvalue weighted by Crippen LogP contribution is 2.44. The van der Waals surface area contributed by atoms with Crippen LogP contribution >= 0.6 is 0 Å². The van der Waals surface area contributed by atoms with Crippen LogP contribution in [0.4, 0.5) is 17.6 Å². The number of amides is 4. The third kappa shape index (κ3) is 7.17. The van der Waals surface area contributed by atoms with Crippen LogP contribution in [0.3, 0.4) is 0 Å². The van der Waals surface area contributed by atoms with Crippen LogP contribution in [0.25, 0.3) is 0 Å². The number of hydrogen-bond donors (Lipinski definition) is 3. The largest absolute Gasteiger partial charge is 0.522 e. The Bertz CT molecular complexity index is 937. The summed E-state index contributed by atoms with van der Waals surface area (Å²) in [6.45, 7) is 3.68. The Morgan fingerprint density at radius 1 is 1.11 bits per heavy atom. The number of nitrogens with one attached hydrogen (secondary N) is 3. The Morgan fingerprint density at radius 3 is 2.35 bits per heavy atom. The van der Waals surface area contributed by atoms with Gasteiger partial charge < -0.3 is 20.9 Å². The fourth-order valence-electron chi connectivity index (χ4n) is 5.27. The molecule has 6 atom stereocenters. The van der Waals surface area contributed by atoms with Crippen molar-refractivity contribution in [3.05, 3.63) is 0 Å². The zero-order chi connectivity index (χ0) is 27.7. The number of halogens is 4. The molecule has 3 aliphatic rings. The van der Waals surface area contributed by atoms with Gasteiger partial charge in [-0.2, -0.15) is 0 Å². The van der Waals surface area contributed by atoms with Crippen molar-refractivity contribution in [1.29, 1.82) is 0 Å². The molecule has 0 aromatic heterocycles. The smallest absolute Gasteiger partial charge is 0.356 e. The second kappa shape index (κ2) is 10.9. The molecule has 2 heterocycles. The summed E-state index contributed by atoms with van der Waals surface area (Å²) >= 11 is 0. The van der Waals surface area contributed by atoms with E-state index in [1.807, 2.05) is 0 Å². The Kier molecular flexibility index (Phi) is 8.50. The number of rotatable bonds is 7. The molecule has 6 unspecified atom stereocenters. The molecular weight excluding hydrogens is 504 g/mol. The minimum Gasteiger partial charge on any atom is -0.356 e. The molecule has 0 aromatic carbocycles. The number of nitrogens with zero attached hydrogens (tertiary/aromatic N) is 1. The van der Waals surface area contributed by atoms with Gasteiger partial charge >= 0.3 is 18.2 Å². The summed E-state index contributed by atoms with van der Waals surface area (Å²) < 4.78 is 55.8. The second-order valence-corrected chi connectivity index (χ2v) is 10.8. The summed E-state index contributed by atoms with van der Waals surface area (Å²) in [5.41, 5.74) is -0.763. The zero-order valence-electron chi connectivity index (χ0n) is 20.8. The van der Waals surface area contributed by atoms with Crippen molar-refractivity contribution in [1.82, 2.24) is 20.9 Å². The van der Waals surface area contributed by atoms with Crippen LogP contribution in [0.1, 0.15) is 46.5 Å². The van der Waals surface area contributed by atoms with E-state index >= 15 is 0 Å². The molecule has 0 spiro atoms. The van der Waals surface area contributed by atoms with E-state index in [0.29, 0.717) is 13.0 Å². The molecule has 0 bridgehead atoms. The van der Waals surface area contributed by atoms with Crippen molar-refractivity contribution in [3.8, 4) is 0 Å². The minimum atomic E-state index is -5.09. The number of ether oxygens (including phenoxy) is 1. The fraction of sp³-hybridized carbons (Fsp3) is 0.783. The molecule has 3 fully saturated rings. The molecule has 37 heavy (non-hydrogen) atoms. The first-order valence-electron chi connectivity index (χ1n) is 12.2. The molecular formula is C23H32F4N4O6. The first kappa shape index (κ1) is 28.8. The van der Waals surface area contributed by atoms with Gasteiger partial charge in [0.25, 0.3) is 0 Å². The molecule has 0 radical (unpaired) electrons. The normalized spacial score (nSPS) is 28.5. The van der Waals surface area contributed by atoms with Gasteiger partial charge in [0, 0.05) is 30.5 Å². The van der Waals surface area contributed by atoms with Crippen molar-refractivity contribution < 1.29 is 46.3 Å². The van der Waals surface area contributed by atoms with E-state index < -0.39 is 83.9 Å². The average Bonchev–Trinajstić information content (AvgIpc) is 3.45. The van der Waals surface area contributed by atoms with Gasteiger partial charge in [-0.05, 0) is 52.4 Å². The predicted molar refractivity (Wildman–Crippen MR) is 119 cm³/mol. The number of ketones is 1. The van der Waals surface area contributed by atoms with E-state index in [1.165, 1.54) is 0 Å². The first-order valence-corrected chi connectivity index (χ1v) is 12.2. The van der Waals surface area contributed by atoms with Gasteiger partial charge in [0.15, 0.2) is 5.78 Å².